The number of thiazole rings is 1. The van der Waals surface area contributed by atoms with E-state index in [4.69, 9.17) is 26.1 Å². The lowest BCUT2D eigenvalue weighted by molar-refractivity contribution is 0.0730. The maximum absolute atomic E-state index is 13.1. The number of hydrogen-bond acceptors (Lipinski definition) is 6. The molecular formula is C27H26ClN3O4S2. The molecule has 37 heavy (non-hydrogen) atoms. The summed E-state index contributed by atoms with van der Waals surface area (Å²) in [5.74, 6) is 0.794. The van der Waals surface area contributed by atoms with Crippen molar-refractivity contribution in [1.29, 1.82) is 0 Å². The van der Waals surface area contributed by atoms with E-state index in [1.807, 2.05) is 66.0 Å². The van der Waals surface area contributed by atoms with Gasteiger partial charge in [-0.1, -0.05) is 35.9 Å². The lowest BCUT2D eigenvalue weighted by atomic mass is 10.1. The number of methoxy groups -OCH3 is 1. The largest absolute Gasteiger partial charge is 0.497 e. The highest BCUT2D eigenvalue weighted by atomic mass is 35.5. The highest BCUT2D eigenvalue weighted by Crippen LogP contribution is 2.26. The van der Waals surface area contributed by atoms with Gasteiger partial charge in [-0.2, -0.15) is 4.31 Å². The van der Waals surface area contributed by atoms with Crippen molar-refractivity contribution >= 4 is 38.6 Å². The molecule has 0 N–H and O–H groups in total. The molecule has 0 spiro atoms. The van der Waals surface area contributed by atoms with E-state index in [-0.39, 0.29) is 4.90 Å². The molecule has 192 valence electrons. The molecule has 1 fully saturated rings. The van der Waals surface area contributed by atoms with Crippen molar-refractivity contribution in [3.63, 3.8) is 0 Å². The van der Waals surface area contributed by atoms with Crippen molar-refractivity contribution < 1.29 is 17.9 Å². The average molecular weight is 556 g/mol. The van der Waals surface area contributed by atoms with E-state index < -0.39 is 10.0 Å². The van der Waals surface area contributed by atoms with Crippen LogP contribution in [0.1, 0.15) is 5.56 Å². The molecule has 1 aliphatic heterocycles. The normalized spacial score (nSPS) is 15.1. The minimum absolute atomic E-state index is 0.279. The number of benzene rings is 3. The van der Waals surface area contributed by atoms with Crippen LogP contribution in [0.5, 0.6) is 5.75 Å². The zero-order valence-corrected chi connectivity index (χ0v) is 22.6. The van der Waals surface area contributed by atoms with Crippen molar-refractivity contribution in [2.24, 2.45) is 4.99 Å². The fourth-order valence-corrected chi connectivity index (χ4v) is 6.54. The topological polar surface area (TPSA) is 73.1 Å². The molecule has 1 aliphatic rings. The smallest absolute Gasteiger partial charge is 0.243 e. The molecule has 10 heteroatoms. The Hall–Kier alpha value is -2.95. The number of ether oxygens (including phenoxy) is 2. The molecule has 3 aromatic carbocycles. The molecule has 5 rings (SSSR count). The molecule has 1 aromatic heterocycles. The van der Waals surface area contributed by atoms with Gasteiger partial charge in [0.25, 0.3) is 0 Å². The summed E-state index contributed by atoms with van der Waals surface area (Å²) >= 11 is 7.58. The van der Waals surface area contributed by atoms with Crippen molar-refractivity contribution in [1.82, 2.24) is 8.87 Å². The Balaban J connectivity index is 1.52. The first-order chi connectivity index (χ1) is 17.9. The third-order valence-corrected chi connectivity index (χ3v) is 9.14. The van der Waals surface area contributed by atoms with Gasteiger partial charge in [-0.15, -0.1) is 11.3 Å². The number of rotatable bonds is 7. The lowest BCUT2D eigenvalue weighted by Crippen LogP contribution is -2.40. The molecule has 7 nitrogen and oxygen atoms in total. The number of morpholine rings is 1. The van der Waals surface area contributed by atoms with E-state index in [0.717, 1.165) is 33.1 Å². The predicted octanol–water partition coefficient (Wildman–Crippen LogP) is 5.18. The van der Waals surface area contributed by atoms with E-state index in [1.54, 1.807) is 19.2 Å². The predicted molar refractivity (Wildman–Crippen MR) is 146 cm³/mol. The third kappa shape index (κ3) is 5.81. The second-order valence-corrected chi connectivity index (χ2v) is 11.7. The molecule has 0 atom stereocenters. The highest BCUT2D eigenvalue weighted by molar-refractivity contribution is 7.89. The zero-order valence-electron chi connectivity index (χ0n) is 20.2. The quantitative estimate of drug-likeness (QED) is 0.315. The van der Waals surface area contributed by atoms with Crippen molar-refractivity contribution in [3.8, 4) is 17.0 Å². The van der Waals surface area contributed by atoms with Crippen LogP contribution in [0.25, 0.3) is 11.3 Å². The van der Waals surface area contributed by atoms with Crippen LogP contribution in [0.3, 0.4) is 0 Å². The first-order valence-electron chi connectivity index (χ1n) is 11.7. The van der Waals surface area contributed by atoms with E-state index in [0.29, 0.717) is 37.9 Å². The van der Waals surface area contributed by atoms with Crippen LogP contribution in [0.2, 0.25) is 5.02 Å². The van der Waals surface area contributed by atoms with Crippen LogP contribution in [0.4, 0.5) is 5.69 Å². The molecular weight excluding hydrogens is 530 g/mol. The molecule has 2 heterocycles. The fourth-order valence-electron chi connectivity index (χ4n) is 4.08. The number of hydrogen-bond donors (Lipinski definition) is 0. The molecule has 1 saturated heterocycles. The number of sulfonamides is 1. The van der Waals surface area contributed by atoms with Gasteiger partial charge in [0.15, 0.2) is 4.80 Å². The van der Waals surface area contributed by atoms with Gasteiger partial charge in [-0.25, -0.2) is 13.4 Å². The molecule has 0 unspecified atom stereocenters. The summed E-state index contributed by atoms with van der Waals surface area (Å²) in [4.78, 5) is 5.96. The Bertz CT molecular complexity index is 1520. The summed E-state index contributed by atoms with van der Waals surface area (Å²) in [7, 11) is -1.91. The highest BCUT2D eigenvalue weighted by Gasteiger charge is 2.26. The van der Waals surface area contributed by atoms with Gasteiger partial charge in [-0.3, -0.25) is 0 Å². The third-order valence-electron chi connectivity index (χ3n) is 6.11. The maximum Gasteiger partial charge on any atom is 0.243 e. The van der Waals surface area contributed by atoms with E-state index in [2.05, 4.69) is 4.57 Å². The summed E-state index contributed by atoms with van der Waals surface area (Å²) in [6.45, 7) is 2.15. The summed E-state index contributed by atoms with van der Waals surface area (Å²) in [5, 5.41) is 2.70. The average Bonchev–Trinajstić information content (AvgIpc) is 3.32. The fraction of sp³-hybridized carbons (Fsp3) is 0.222. The first kappa shape index (κ1) is 25.7. The first-order valence-corrected chi connectivity index (χ1v) is 14.4. The monoisotopic (exact) mass is 555 g/mol. The van der Waals surface area contributed by atoms with Crippen molar-refractivity contribution in [2.75, 3.05) is 33.4 Å². The second kappa shape index (κ2) is 11.2. The van der Waals surface area contributed by atoms with Gasteiger partial charge < -0.3 is 14.0 Å². The van der Waals surface area contributed by atoms with E-state index >= 15 is 0 Å². The Morgan fingerprint density at radius 3 is 2.30 bits per heavy atom. The number of aromatic nitrogens is 1. The van der Waals surface area contributed by atoms with Crippen LogP contribution < -0.4 is 9.54 Å². The van der Waals surface area contributed by atoms with Crippen LogP contribution in [0.15, 0.2) is 88.1 Å². The maximum atomic E-state index is 13.1. The van der Waals surface area contributed by atoms with Crippen LogP contribution in [-0.4, -0.2) is 50.7 Å². The van der Waals surface area contributed by atoms with Crippen LogP contribution in [-0.2, 0) is 21.3 Å². The second-order valence-electron chi connectivity index (χ2n) is 8.47. The molecule has 4 aromatic rings. The number of nitrogens with zero attached hydrogens (tertiary/aromatic N) is 3. The standard InChI is InChI=1S/C27H26ClN3O4S2/c1-34-24-10-2-20(3-11-24)18-31-26(19-36-27(31)29-23-8-6-22(28)7-9-23)21-4-12-25(13-5-21)37(32,33)30-14-16-35-17-15-30/h2-13,19H,14-18H2,1H3. The molecule has 0 saturated carbocycles. The van der Waals surface area contributed by atoms with Crippen LogP contribution >= 0.6 is 22.9 Å². The van der Waals surface area contributed by atoms with Gasteiger partial charge in [-0.05, 0) is 59.7 Å². The Morgan fingerprint density at radius 1 is 0.973 bits per heavy atom. The van der Waals surface area contributed by atoms with Gasteiger partial charge in [0.05, 0.1) is 43.1 Å². The molecule has 0 aliphatic carbocycles. The minimum atomic E-state index is -3.56. The van der Waals surface area contributed by atoms with Crippen molar-refractivity contribution in [3.05, 3.63) is 93.6 Å². The van der Waals surface area contributed by atoms with Gasteiger partial charge >= 0.3 is 0 Å². The van der Waals surface area contributed by atoms with Gasteiger partial charge in [0.1, 0.15) is 5.75 Å². The van der Waals surface area contributed by atoms with Gasteiger partial charge in [0, 0.05) is 23.5 Å². The summed E-state index contributed by atoms with van der Waals surface area (Å²) in [5.41, 5.74) is 3.74. The Labute approximate surface area is 225 Å². The van der Waals surface area contributed by atoms with E-state index in [1.165, 1.54) is 15.6 Å². The summed E-state index contributed by atoms with van der Waals surface area (Å²) < 4.78 is 40.3. The van der Waals surface area contributed by atoms with Crippen LogP contribution in [0, 0.1) is 0 Å². The Morgan fingerprint density at radius 2 is 1.65 bits per heavy atom. The zero-order chi connectivity index (χ0) is 25.8. The molecule has 0 bridgehead atoms. The molecule has 0 amide bonds. The minimum Gasteiger partial charge on any atom is -0.497 e. The lowest BCUT2D eigenvalue weighted by Gasteiger charge is -2.26. The molecule has 0 radical (unpaired) electrons. The Kier molecular flexibility index (Phi) is 7.78. The van der Waals surface area contributed by atoms with Gasteiger partial charge in [0.2, 0.25) is 10.0 Å². The summed E-state index contributed by atoms with van der Waals surface area (Å²) in [6.07, 6.45) is 0. The summed E-state index contributed by atoms with van der Waals surface area (Å²) in [6, 6.07) is 22.4. The van der Waals surface area contributed by atoms with Crippen molar-refractivity contribution in [2.45, 2.75) is 11.4 Å². The SMILES string of the molecule is COc1ccc(Cn2c(-c3ccc(S(=O)(=O)N4CCOCC4)cc3)csc2=Nc2ccc(Cl)cc2)cc1. The number of halogens is 1. The van der Waals surface area contributed by atoms with E-state index in [9.17, 15) is 8.42 Å².